The zero-order valence-corrected chi connectivity index (χ0v) is 10.9. The van der Waals surface area contributed by atoms with E-state index >= 15 is 0 Å². The third-order valence-corrected chi connectivity index (χ3v) is 3.85. The van der Waals surface area contributed by atoms with Gasteiger partial charge in [-0.3, -0.25) is 9.88 Å². The number of likely N-dealkylation sites (tertiary alicyclic amines) is 1. The summed E-state index contributed by atoms with van der Waals surface area (Å²) < 4.78 is 24.0. The van der Waals surface area contributed by atoms with Crippen LogP contribution >= 0.6 is 0 Å². The van der Waals surface area contributed by atoms with E-state index in [0.717, 1.165) is 44.8 Å². The third kappa shape index (κ3) is 3.29. The summed E-state index contributed by atoms with van der Waals surface area (Å²) in [6.45, 7) is 4.24. The van der Waals surface area contributed by atoms with E-state index in [1.807, 2.05) is 0 Å². The van der Waals surface area contributed by atoms with Crippen LogP contribution in [0.15, 0.2) is 18.3 Å². The minimum atomic E-state index is -0.308. The lowest BCUT2D eigenvalue weighted by atomic mass is 10.2. The molecule has 3 rings (SSSR count). The zero-order chi connectivity index (χ0) is 13.1. The van der Waals surface area contributed by atoms with E-state index in [0.29, 0.717) is 12.6 Å². The van der Waals surface area contributed by atoms with Gasteiger partial charge >= 0.3 is 0 Å². The lowest BCUT2D eigenvalue weighted by Gasteiger charge is -2.22. The normalized spacial score (nSPS) is 28.1. The molecule has 5 heteroatoms. The maximum atomic E-state index is 12.7. The minimum absolute atomic E-state index is 0.257. The first-order valence-corrected chi connectivity index (χ1v) is 6.85. The highest BCUT2D eigenvalue weighted by molar-refractivity contribution is 5.04. The summed E-state index contributed by atoms with van der Waals surface area (Å²) in [6.07, 6.45) is 3.67. The summed E-state index contributed by atoms with van der Waals surface area (Å²) in [7, 11) is 0. The number of halogens is 1. The molecule has 0 aromatic carbocycles. The monoisotopic (exact) mass is 266 g/mol. The molecular formula is C14H19FN2O2. The molecule has 4 nitrogen and oxygen atoms in total. The van der Waals surface area contributed by atoms with E-state index in [2.05, 4.69) is 9.88 Å². The summed E-state index contributed by atoms with van der Waals surface area (Å²) in [5.74, 6) is -0.308. The van der Waals surface area contributed by atoms with Crippen molar-refractivity contribution in [3.05, 3.63) is 29.8 Å². The number of aromatic nitrogens is 1. The standard InChI is InChI=1S/C14H19FN2O2/c15-11-1-2-12(16-7-11)9-19-14-3-5-17(8-14)13-4-6-18-10-13/h1-2,7,13-14H,3-6,8-10H2/t13?,14-/m1/s1. The van der Waals surface area contributed by atoms with Gasteiger partial charge in [-0.1, -0.05) is 0 Å². The number of hydrogen-bond donors (Lipinski definition) is 0. The van der Waals surface area contributed by atoms with Crippen molar-refractivity contribution in [3.63, 3.8) is 0 Å². The van der Waals surface area contributed by atoms with Gasteiger partial charge in [-0.2, -0.15) is 0 Å². The van der Waals surface area contributed by atoms with Gasteiger partial charge in [-0.15, -0.1) is 0 Å². The highest BCUT2D eigenvalue weighted by Gasteiger charge is 2.30. The second-order valence-electron chi connectivity index (χ2n) is 5.20. The molecule has 0 N–H and O–H groups in total. The lowest BCUT2D eigenvalue weighted by Crippen LogP contribution is -2.34. The highest BCUT2D eigenvalue weighted by atomic mass is 19.1. The van der Waals surface area contributed by atoms with Crippen LogP contribution in [0.1, 0.15) is 18.5 Å². The van der Waals surface area contributed by atoms with E-state index in [1.165, 1.54) is 12.3 Å². The van der Waals surface area contributed by atoms with Crippen LogP contribution in [0.2, 0.25) is 0 Å². The predicted octanol–water partition coefficient (Wildman–Crippen LogP) is 1.60. The van der Waals surface area contributed by atoms with Crippen LogP contribution in [0.5, 0.6) is 0 Å². The summed E-state index contributed by atoms with van der Waals surface area (Å²) in [4.78, 5) is 6.46. The lowest BCUT2D eigenvalue weighted by molar-refractivity contribution is 0.0405. The van der Waals surface area contributed by atoms with Crippen molar-refractivity contribution in [2.45, 2.75) is 31.6 Å². The van der Waals surface area contributed by atoms with Crippen molar-refractivity contribution >= 4 is 0 Å². The molecule has 2 fully saturated rings. The Hall–Kier alpha value is -1.04. The molecular weight excluding hydrogens is 247 g/mol. The van der Waals surface area contributed by atoms with Crippen molar-refractivity contribution in [1.82, 2.24) is 9.88 Å². The number of nitrogens with zero attached hydrogens (tertiary/aromatic N) is 2. The van der Waals surface area contributed by atoms with Crippen molar-refractivity contribution in [3.8, 4) is 0 Å². The average Bonchev–Trinajstić information content (AvgIpc) is 3.09. The molecule has 2 aliphatic rings. The van der Waals surface area contributed by atoms with Crippen LogP contribution < -0.4 is 0 Å². The Balaban J connectivity index is 1.45. The van der Waals surface area contributed by atoms with Gasteiger partial charge in [0.15, 0.2) is 0 Å². The molecule has 19 heavy (non-hydrogen) atoms. The second-order valence-corrected chi connectivity index (χ2v) is 5.20. The molecule has 0 spiro atoms. The topological polar surface area (TPSA) is 34.6 Å². The molecule has 2 saturated heterocycles. The van der Waals surface area contributed by atoms with Gasteiger partial charge < -0.3 is 9.47 Å². The van der Waals surface area contributed by atoms with Gasteiger partial charge in [0.1, 0.15) is 5.82 Å². The minimum Gasteiger partial charge on any atom is -0.380 e. The first-order chi connectivity index (χ1) is 9.31. The molecule has 2 aliphatic heterocycles. The molecule has 3 heterocycles. The first-order valence-electron chi connectivity index (χ1n) is 6.85. The molecule has 0 aliphatic carbocycles. The van der Waals surface area contributed by atoms with Gasteiger partial charge in [-0.25, -0.2) is 4.39 Å². The smallest absolute Gasteiger partial charge is 0.141 e. The summed E-state index contributed by atoms with van der Waals surface area (Å²) in [5, 5.41) is 0. The van der Waals surface area contributed by atoms with Crippen molar-refractivity contribution in [1.29, 1.82) is 0 Å². The fraction of sp³-hybridized carbons (Fsp3) is 0.643. The number of pyridine rings is 1. The van der Waals surface area contributed by atoms with E-state index in [-0.39, 0.29) is 11.9 Å². The Kier molecular flexibility index (Phi) is 4.06. The summed E-state index contributed by atoms with van der Waals surface area (Å²) in [5.41, 5.74) is 0.782. The Labute approximate surface area is 112 Å². The van der Waals surface area contributed by atoms with Crippen LogP contribution in [-0.2, 0) is 16.1 Å². The van der Waals surface area contributed by atoms with Gasteiger partial charge in [0.2, 0.25) is 0 Å². The van der Waals surface area contributed by atoms with E-state index in [1.54, 1.807) is 6.07 Å². The fourth-order valence-electron chi connectivity index (χ4n) is 2.73. The molecule has 0 bridgehead atoms. The van der Waals surface area contributed by atoms with Gasteiger partial charge in [0.05, 0.1) is 31.2 Å². The second kappa shape index (κ2) is 5.94. The van der Waals surface area contributed by atoms with Crippen molar-refractivity contribution in [2.75, 3.05) is 26.3 Å². The molecule has 0 amide bonds. The summed E-state index contributed by atoms with van der Waals surface area (Å²) >= 11 is 0. The van der Waals surface area contributed by atoms with Crippen molar-refractivity contribution < 1.29 is 13.9 Å². The number of rotatable bonds is 4. The van der Waals surface area contributed by atoms with Crippen LogP contribution in [0.3, 0.4) is 0 Å². The van der Waals surface area contributed by atoms with Gasteiger partial charge in [-0.05, 0) is 25.0 Å². The quantitative estimate of drug-likeness (QED) is 0.829. The van der Waals surface area contributed by atoms with Crippen LogP contribution in [0.25, 0.3) is 0 Å². The Bertz CT molecular complexity index is 406. The first kappa shape index (κ1) is 13.0. The molecule has 104 valence electrons. The maximum absolute atomic E-state index is 12.7. The van der Waals surface area contributed by atoms with Gasteiger partial charge in [0, 0.05) is 25.7 Å². The van der Waals surface area contributed by atoms with E-state index < -0.39 is 0 Å². The summed E-state index contributed by atoms with van der Waals surface area (Å²) in [6, 6.07) is 3.66. The Morgan fingerprint density at radius 3 is 3.11 bits per heavy atom. The molecule has 1 aromatic heterocycles. The fourth-order valence-corrected chi connectivity index (χ4v) is 2.73. The molecule has 0 radical (unpaired) electrons. The van der Waals surface area contributed by atoms with Crippen LogP contribution in [-0.4, -0.2) is 48.3 Å². The number of ether oxygens (including phenoxy) is 2. The predicted molar refractivity (Wildman–Crippen MR) is 68.2 cm³/mol. The highest BCUT2D eigenvalue weighted by Crippen LogP contribution is 2.21. The largest absolute Gasteiger partial charge is 0.380 e. The van der Waals surface area contributed by atoms with Crippen LogP contribution in [0, 0.1) is 5.82 Å². The number of hydrogen-bond acceptors (Lipinski definition) is 4. The third-order valence-electron chi connectivity index (χ3n) is 3.85. The van der Waals surface area contributed by atoms with Crippen LogP contribution in [0.4, 0.5) is 4.39 Å². The Morgan fingerprint density at radius 2 is 2.37 bits per heavy atom. The average molecular weight is 266 g/mol. The van der Waals surface area contributed by atoms with Crippen molar-refractivity contribution in [2.24, 2.45) is 0 Å². The Morgan fingerprint density at radius 1 is 1.42 bits per heavy atom. The molecule has 0 saturated carbocycles. The van der Waals surface area contributed by atoms with E-state index in [9.17, 15) is 4.39 Å². The van der Waals surface area contributed by atoms with E-state index in [4.69, 9.17) is 9.47 Å². The molecule has 1 unspecified atom stereocenters. The SMILES string of the molecule is Fc1ccc(CO[C@@H]2CCN(C3CCOC3)C2)nc1. The van der Waals surface area contributed by atoms with Gasteiger partial charge in [0.25, 0.3) is 0 Å². The zero-order valence-electron chi connectivity index (χ0n) is 10.9. The molecule has 1 aromatic rings. The molecule has 2 atom stereocenters. The maximum Gasteiger partial charge on any atom is 0.141 e.